The summed E-state index contributed by atoms with van der Waals surface area (Å²) in [6.45, 7) is 3.62. The molecule has 4 atom stereocenters. The predicted octanol–water partition coefficient (Wildman–Crippen LogP) is -2.04. The summed E-state index contributed by atoms with van der Waals surface area (Å²) in [6, 6.07) is -4.91. The Morgan fingerprint density at radius 1 is 0.818 bits per heavy atom. The lowest BCUT2D eigenvalue weighted by molar-refractivity contribution is -0.143. The maximum Gasteiger partial charge on any atom is 0.326 e. The first kappa shape index (κ1) is 30.1. The van der Waals surface area contributed by atoms with Gasteiger partial charge in [0.05, 0.1) is 6.04 Å². The molecule has 0 radical (unpaired) electrons. The number of nitrogens with one attached hydrogen (secondary N) is 3. The maximum absolute atomic E-state index is 12.8. The summed E-state index contributed by atoms with van der Waals surface area (Å²) in [6.07, 6.45) is -1.23. The van der Waals surface area contributed by atoms with E-state index in [4.69, 9.17) is 16.6 Å². The number of nitrogens with two attached hydrogens (primary N) is 2. The van der Waals surface area contributed by atoms with E-state index in [0.29, 0.717) is 0 Å². The van der Waals surface area contributed by atoms with Gasteiger partial charge >= 0.3 is 11.9 Å². The average molecular weight is 492 g/mol. The monoisotopic (exact) mass is 491 g/mol. The number of carbonyl (C=O) groups excluding carboxylic acids is 4. The highest BCUT2D eigenvalue weighted by atomic mass is 32.1. The lowest BCUT2D eigenvalue weighted by Crippen LogP contribution is -2.57. The van der Waals surface area contributed by atoms with Crippen LogP contribution in [0.15, 0.2) is 0 Å². The molecular weight excluding hydrogens is 458 g/mol. The smallest absolute Gasteiger partial charge is 0.326 e. The molecule has 0 aromatic heterocycles. The van der Waals surface area contributed by atoms with E-state index in [-0.39, 0.29) is 37.4 Å². The zero-order valence-corrected chi connectivity index (χ0v) is 19.5. The topological polar surface area (TPSA) is 231 Å². The molecule has 0 aromatic carbocycles. The number of amides is 4. The Morgan fingerprint density at radius 2 is 1.30 bits per heavy atom. The van der Waals surface area contributed by atoms with E-state index in [1.54, 1.807) is 0 Å². The molecule has 0 bridgehead atoms. The number of carboxylic acids is 2. The van der Waals surface area contributed by atoms with Crippen molar-refractivity contribution in [3.63, 3.8) is 0 Å². The summed E-state index contributed by atoms with van der Waals surface area (Å²) < 4.78 is 0. The van der Waals surface area contributed by atoms with Crippen molar-refractivity contribution in [3.05, 3.63) is 0 Å². The molecule has 188 valence electrons. The molecule has 0 aromatic rings. The van der Waals surface area contributed by atoms with E-state index >= 15 is 0 Å². The van der Waals surface area contributed by atoms with Gasteiger partial charge in [-0.25, -0.2) is 4.79 Å². The lowest BCUT2D eigenvalue weighted by atomic mass is 10.0. The van der Waals surface area contributed by atoms with Crippen molar-refractivity contribution >= 4 is 48.2 Å². The van der Waals surface area contributed by atoms with Crippen LogP contribution in [-0.4, -0.2) is 75.7 Å². The second-order valence-electron chi connectivity index (χ2n) is 7.88. The molecule has 33 heavy (non-hydrogen) atoms. The van der Waals surface area contributed by atoms with Gasteiger partial charge in [-0.1, -0.05) is 13.8 Å². The number of carbonyl (C=O) groups is 6. The fourth-order valence-electron chi connectivity index (χ4n) is 2.69. The number of hydrogen-bond donors (Lipinski definition) is 8. The second kappa shape index (κ2) is 15.1. The van der Waals surface area contributed by atoms with Crippen molar-refractivity contribution in [2.24, 2.45) is 17.4 Å². The van der Waals surface area contributed by atoms with E-state index in [0.717, 1.165) is 0 Å². The molecule has 0 aliphatic heterocycles. The Bertz CT molecular complexity index is 733. The minimum absolute atomic E-state index is 0.0291. The third kappa shape index (κ3) is 12.7. The Labute approximate surface area is 196 Å². The average Bonchev–Trinajstić information content (AvgIpc) is 2.71. The third-order valence-electron chi connectivity index (χ3n) is 4.45. The number of thiol groups is 1. The van der Waals surface area contributed by atoms with E-state index in [1.807, 2.05) is 13.8 Å². The van der Waals surface area contributed by atoms with Crippen molar-refractivity contribution in [2.75, 3.05) is 5.75 Å². The van der Waals surface area contributed by atoms with E-state index in [9.17, 15) is 33.9 Å². The molecule has 0 saturated carbocycles. The summed E-state index contributed by atoms with van der Waals surface area (Å²) in [5.74, 6) is -5.76. The highest BCUT2D eigenvalue weighted by Gasteiger charge is 2.30. The van der Waals surface area contributed by atoms with Gasteiger partial charge in [0.2, 0.25) is 23.6 Å². The van der Waals surface area contributed by atoms with Gasteiger partial charge in [-0.15, -0.1) is 0 Å². The van der Waals surface area contributed by atoms with Gasteiger partial charge in [-0.05, 0) is 25.2 Å². The number of aliphatic carboxylic acids is 2. The van der Waals surface area contributed by atoms with Gasteiger partial charge in [0.15, 0.2) is 0 Å². The van der Waals surface area contributed by atoms with Crippen molar-refractivity contribution in [1.82, 2.24) is 16.0 Å². The summed E-state index contributed by atoms with van der Waals surface area (Å²) in [7, 11) is 0. The standard InChI is InChI=1S/C19H33N5O8S/c1-9(2)7-13(24-16(28)10(20)8-33)18(30)22-11(3-5-14(21)25)17(29)23-12(19(31)32)4-6-15(26)27/h9-13,33H,3-8,20H2,1-2H3,(H2,21,25)(H,22,30)(H,23,29)(H,24,28)(H,26,27)(H,31,32). The molecule has 0 aliphatic carbocycles. The van der Waals surface area contributed by atoms with Gasteiger partial charge in [0.25, 0.3) is 0 Å². The molecule has 9 N–H and O–H groups in total. The van der Waals surface area contributed by atoms with Crippen molar-refractivity contribution in [3.8, 4) is 0 Å². The highest BCUT2D eigenvalue weighted by molar-refractivity contribution is 7.80. The first-order valence-corrected chi connectivity index (χ1v) is 10.9. The van der Waals surface area contributed by atoms with Crippen LogP contribution in [0.5, 0.6) is 0 Å². The summed E-state index contributed by atoms with van der Waals surface area (Å²) in [5, 5.41) is 25.1. The fraction of sp³-hybridized carbons (Fsp3) is 0.684. The molecule has 4 amide bonds. The minimum Gasteiger partial charge on any atom is -0.481 e. The SMILES string of the molecule is CC(C)CC(NC(=O)C(N)CS)C(=O)NC(CCC(N)=O)C(=O)NC(CCC(=O)O)C(=O)O. The van der Waals surface area contributed by atoms with E-state index in [2.05, 4.69) is 28.6 Å². The Morgan fingerprint density at radius 3 is 1.76 bits per heavy atom. The molecule has 4 unspecified atom stereocenters. The minimum atomic E-state index is -1.53. The number of primary amides is 1. The van der Waals surface area contributed by atoms with Crippen LogP contribution in [-0.2, 0) is 28.8 Å². The molecule has 0 fully saturated rings. The number of hydrogen-bond acceptors (Lipinski definition) is 8. The molecule has 13 nitrogen and oxygen atoms in total. The van der Waals surface area contributed by atoms with Crippen LogP contribution in [0.1, 0.15) is 46.0 Å². The largest absolute Gasteiger partial charge is 0.481 e. The summed E-state index contributed by atoms with van der Waals surface area (Å²) in [5.41, 5.74) is 10.7. The van der Waals surface area contributed by atoms with Gasteiger partial charge < -0.3 is 37.6 Å². The van der Waals surface area contributed by atoms with Crippen molar-refractivity contribution in [2.45, 2.75) is 70.1 Å². The molecule has 0 aliphatic rings. The first-order valence-electron chi connectivity index (χ1n) is 10.3. The molecular formula is C19H33N5O8S. The Hall–Kier alpha value is -2.87. The highest BCUT2D eigenvalue weighted by Crippen LogP contribution is 2.08. The number of carboxylic acid groups (broad SMARTS) is 2. The quantitative estimate of drug-likeness (QED) is 0.111. The van der Waals surface area contributed by atoms with Crippen LogP contribution in [0.25, 0.3) is 0 Å². The van der Waals surface area contributed by atoms with Gasteiger partial charge in [0, 0.05) is 18.6 Å². The Balaban J connectivity index is 5.54. The zero-order chi connectivity index (χ0) is 25.7. The van der Waals surface area contributed by atoms with Crippen LogP contribution >= 0.6 is 12.6 Å². The number of rotatable bonds is 16. The van der Waals surface area contributed by atoms with Gasteiger partial charge in [0.1, 0.15) is 18.1 Å². The lowest BCUT2D eigenvalue weighted by Gasteiger charge is -2.25. The molecule has 0 rings (SSSR count). The molecule has 0 saturated heterocycles. The third-order valence-corrected chi connectivity index (χ3v) is 4.84. The fourth-order valence-corrected chi connectivity index (χ4v) is 2.86. The van der Waals surface area contributed by atoms with Gasteiger partial charge in [-0.3, -0.25) is 24.0 Å². The zero-order valence-electron chi connectivity index (χ0n) is 18.6. The first-order chi connectivity index (χ1) is 15.3. The predicted molar refractivity (Wildman–Crippen MR) is 120 cm³/mol. The van der Waals surface area contributed by atoms with Crippen molar-refractivity contribution < 1.29 is 39.0 Å². The normalized spacial score (nSPS) is 14.5. The van der Waals surface area contributed by atoms with Crippen molar-refractivity contribution in [1.29, 1.82) is 0 Å². The van der Waals surface area contributed by atoms with Crippen LogP contribution in [0.4, 0.5) is 0 Å². The van der Waals surface area contributed by atoms with Crippen LogP contribution in [0.2, 0.25) is 0 Å². The molecule has 0 spiro atoms. The van der Waals surface area contributed by atoms with Crippen LogP contribution < -0.4 is 27.4 Å². The Kier molecular flexibility index (Phi) is 13.7. The van der Waals surface area contributed by atoms with Crippen LogP contribution in [0, 0.1) is 5.92 Å². The van der Waals surface area contributed by atoms with E-state index in [1.165, 1.54) is 0 Å². The second-order valence-corrected chi connectivity index (χ2v) is 8.24. The summed E-state index contributed by atoms with van der Waals surface area (Å²) in [4.78, 5) is 70.9. The van der Waals surface area contributed by atoms with Crippen LogP contribution in [0.3, 0.4) is 0 Å². The van der Waals surface area contributed by atoms with Gasteiger partial charge in [-0.2, -0.15) is 12.6 Å². The van der Waals surface area contributed by atoms with E-state index < -0.39 is 66.2 Å². The maximum atomic E-state index is 12.8. The molecule has 14 heteroatoms. The summed E-state index contributed by atoms with van der Waals surface area (Å²) >= 11 is 3.94. The molecule has 0 heterocycles.